The topological polar surface area (TPSA) is 54.5 Å². The Morgan fingerprint density at radius 1 is 1.31 bits per heavy atom. The third-order valence-corrected chi connectivity index (χ3v) is 5.23. The van der Waals surface area contributed by atoms with Gasteiger partial charge in [-0.15, -0.1) is 11.3 Å². The van der Waals surface area contributed by atoms with Crippen LogP contribution in [-0.4, -0.2) is 42.1 Å². The highest BCUT2D eigenvalue weighted by Gasteiger charge is 2.13. The van der Waals surface area contributed by atoms with E-state index in [1.807, 2.05) is 6.07 Å². The summed E-state index contributed by atoms with van der Waals surface area (Å²) in [6, 6.07) is 6.70. The van der Waals surface area contributed by atoms with Crippen molar-refractivity contribution < 1.29 is 13.9 Å². The summed E-state index contributed by atoms with van der Waals surface area (Å²) < 4.78 is 18.9. The SMILES string of the molecule is O=C(CCCc1ccccc1F)NCc1nc(CN2CCOCC2)cs1. The molecule has 0 radical (unpaired) electrons. The van der Waals surface area contributed by atoms with Gasteiger partial charge in [-0.2, -0.15) is 0 Å². The number of benzene rings is 1. The highest BCUT2D eigenvalue weighted by Crippen LogP contribution is 2.13. The molecule has 1 aliphatic rings. The Morgan fingerprint density at radius 2 is 2.12 bits per heavy atom. The highest BCUT2D eigenvalue weighted by molar-refractivity contribution is 7.09. The number of aromatic nitrogens is 1. The van der Waals surface area contributed by atoms with Crippen molar-refractivity contribution in [1.29, 1.82) is 0 Å². The molecule has 0 spiro atoms. The van der Waals surface area contributed by atoms with Crippen LogP contribution in [0.3, 0.4) is 0 Å². The van der Waals surface area contributed by atoms with Gasteiger partial charge in [0.1, 0.15) is 10.8 Å². The summed E-state index contributed by atoms with van der Waals surface area (Å²) in [6.45, 7) is 4.71. The van der Waals surface area contributed by atoms with Gasteiger partial charge in [0, 0.05) is 31.4 Å². The number of carbonyl (C=O) groups is 1. The Hall–Kier alpha value is -1.83. The van der Waals surface area contributed by atoms with E-state index in [0.29, 0.717) is 31.4 Å². The molecule has 0 atom stereocenters. The van der Waals surface area contributed by atoms with Crippen LogP contribution in [0.15, 0.2) is 29.6 Å². The Labute approximate surface area is 157 Å². The minimum atomic E-state index is -0.205. The number of aryl methyl sites for hydroxylation is 1. The van der Waals surface area contributed by atoms with Gasteiger partial charge in [-0.05, 0) is 24.5 Å². The van der Waals surface area contributed by atoms with Crippen molar-refractivity contribution in [2.75, 3.05) is 26.3 Å². The molecule has 1 aliphatic heterocycles. The largest absolute Gasteiger partial charge is 0.379 e. The van der Waals surface area contributed by atoms with Gasteiger partial charge >= 0.3 is 0 Å². The van der Waals surface area contributed by atoms with E-state index < -0.39 is 0 Å². The average Bonchev–Trinajstić information content (AvgIpc) is 3.10. The second-order valence-electron chi connectivity index (χ2n) is 6.34. The van der Waals surface area contributed by atoms with Crippen molar-refractivity contribution in [1.82, 2.24) is 15.2 Å². The van der Waals surface area contributed by atoms with E-state index >= 15 is 0 Å². The number of ether oxygens (including phenoxy) is 1. The smallest absolute Gasteiger partial charge is 0.220 e. The maximum Gasteiger partial charge on any atom is 0.220 e. The normalized spacial score (nSPS) is 15.1. The Morgan fingerprint density at radius 3 is 2.92 bits per heavy atom. The lowest BCUT2D eigenvalue weighted by molar-refractivity contribution is -0.121. The third kappa shape index (κ3) is 5.86. The van der Waals surface area contributed by atoms with Crippen molar-refractivity contribution in [3.8, 4) is 0 Å². The van der Waals surface area contributed by atoms with Crippen molar-refractivity contribution in [3.63, 3.8) is 0 Å². The van der Waals surface area contributed by atoms with Crippen LogP contribution in [0.1, 0.15) is 29.1 Å². The van der Waals surface area contributed by atoms with E-state index in [4.69, 9.17) is 4.74 Å². The summed E-state index contributed by atoms with van der Waals surface area (Å²) in [6.07, 6.45) is 1.59. The number of rotatable bonds is 8. The molecule has 2 heterocycles. The molecule has 26 heavy (non-hydrogen) atoms. The molecule has 140 valence electrons. The standard InChI is InChI=1S/C19H24FN3O2S/c20-17-6-2-1-4-15(17)5-3-7-18(24)21-12-19-22-16(14-26-19)13-23-8-10-25-11-9-23/h1-2,4,6,14H,3,5,7-13H2,(H,21,24). The van der Waals surface area contributed by atoms with Crippen molar-refractivity contribution >= 4 is 17.2 Å². The zero-order valence-corrected chi connectivity index (χ0v) is 15.6. The monoisotopic (exact) mass is 377 g/mol. The van der Waals surface area contributed by atoms with Gasteiger partial charge in [-0.3, -0.25) is 9.69 Å². The number of halogens is 1. The van der Waals surface area contributed by atoms with Crippen molar-refractivity contribution in [2.24, 2.45) is 0 Å². The maximum absolute atomic E-state index is 13.5. The van der Waals surface area contributed by atoms with Gasteiger partial charge in [0.15, 0.2) is 0 Å². The Bertz CT molecular complexity index is 716. The summed E-state index contributed by atoms with van der Waals surface area (Å²) in [5, 5.41) is 5.86. The van der Waals surface area contributed by atoms with Crippen LogP contribution in [0.2, 0.25) is 0 Å². The molecule has 2 aromatic rings. The first-order valence-electron chi connectivity index (χ1n) is 8.94. The van der Waals surface area contributed by atoms with E-state index in [1.165, 1.54) is 6.07 Å². The molecule has 0 unspecified atom stereocenters. The summed E-state index contributed by atoms with van der Waals surface area (Å²) in [7, 11) is 0. The molecule has 1 aromatic heterocycles. The summed E-state index contributed by atoms with van der Waals surface area (Å²) >= 11 is 1.57. The van der Waals surface area contributed by atoms with Gasteiger partial charge in [0.25, 0.3) is 0 Å². The van der Waals surface area contributed by atoms with Gasteiger partial charge in [0.05, 0.1) is 25.5 Å². The molecule has 1 aromatic carbocycles. The lowest BCUT2D eigenvalue weighted by Gasteiger charge is -2.25. The number of hydrogen-bond donors (Lipinski definition) is 1. The number of carbonyl (C=O) groups excluding carboxylic acids is 1. The molecule has 7 heteroatoms. The number of hydrogen-bond acceptors (Lipinski definition) is 5. The second-order valence-corrected chi connectivity index (χ2v) is 7.29. The van der Waals surface area contributed by atoms with E-state index in [9.17, 15) is 9.18 Å². The van der Waals surface area contributed by atoms with Crippen molar-refractivity contribution in [3.05, 3.63) is 51.7 Å². The van der Waals surface area contributed by atoms with Gasteiger partial charge < -0.3 is 10.1 Å². The fraction of sp³-hybridized carbons (Fsp3) is 0.474. The van der Waals surface area contributed by atoms with Crippen molar-refractivity contribution in [2.45, 2.75) is 32.4 Å². The van der Waals surface area contributed by atoms with Crippen LogP contribution in [0.25, 0.3) is 0 Å². The fourth-order valence-corrected chi connectivity index (χ4v) is 3.62. The van der Waals surface area contributed by atoms with E-state index in [-0.39, 0.29) is 11.7 Å². The van der Waals surface area contributed by atoms with Crippen LogP contribution in [0, 0.1) is 5.82 Å². The van der Waals surface area contributed by atoms with Crippen LogP contribution in [-0.2, 0) is 29.0 Å². The number of amides is 1. The summed E-state index contributed by atoms with van der Waals surface area (Å²) in [5.74, 6) is -0.227. The molecular formula is C19H24FN3O2S. The van der Waals surface area contributed by atoms with Gasteiger partial charge in [0.2, 0.25) is 5.91 Å². The first-order valence-corrected chi connectivity index (χ1v) is 9.82. The molecule has 5 nitrogen and oxygen atoms in total. The Balaban J connectivity index is 1.36. The van der Waals surface area contributed by atoms with E-state index in [2.05, 4.69) is 20.6 Å². The second kappa shape index (κ2) is 9.75. The summed E-state index contributed by atoms with van der Waals surface area (Å²) in [5.41, 5.74) is 1.70. The number of thiazole rings is 1. The molecule has 1 saturated heterocycles. The van der Waals surface area contributed by atoms with Crippen LogP contribution >= 0.6 is 11.3 Å². The lowest BCUT2D eigenvalue weighted by atomic mass is 10.1. The zero-order valence-electron chi connectivity index (χ0n) is 14.7. The Kier molecular flexibility index (Phi) is 7.11. The van der Waals surface area contributed by atoms with Gasteiger partial charge in [-0.1, -0.05) is 18.2 Å². The average molecular weight is 377 g/mol. The number of morpholine rings is 1. The minimum Gasteiger partial charge on any atom is -0.379 e. The zero-order chi connectivity index (χ0) is 18.2. The molecule has 3 rings (SSSR count). The van der Waals surface area contributed by atoms with Gasteiger partial charge in [-0.25, -0.2) is 9.37 Å². The predicted molar refractivity (Wildman–Crippen MR) is 99.4 cm³/mol. The molecule has 1 N–H and O–H groups in total. The number of nitrogens with zero attached hydrogens (tertiary/aromatic N) is 2. The molecule has 0 saturated carbocycles. The number of nitrogens with one attached hydrogen (secondary N) is 1. The molecular weight excluding hydrogens is 353 g/mol. The lowest BCUT2D eigenvalue weighted by Crippen LogP contribution is -2.35. The first kappa shape index (κ1) is 18.9. The maximum atomic E-state index is 13.5. The highest BCUT2D eigenvalue weighted by atomic mass is 32.1. The van der Waals surface area contributed by atoms with E-state index in [1.54, 1.807) is 23.5 Å². The summed E-state index contributed by atoms with van der Waals surface area (Å²) in [4.78, 5) is 18.9. The van der Waals surface area contributed by atoms with Crippen LogP contribution in [0.4, 0.5) is 4.39 Å². The van der Waals surface area contributed by atoms with Crippen LogP contribution in [0.5, 0.6) is 0 Å². The third-order valence-electron chi connectivity index (χ3n) is 4.33. The van der Waals surface area contributed by atoms with E-state index in [0.717, 1.165) is 43.5 Å². The molecule has 1 amide bonds. The fourth-order valence-electron chi connectivity index (χ4n) is 2.89. The van der Waals surface area contributed by atoms with Crippen LogP contribution < -0.4 is 5.32 Å². The minimum absolute atomic E-state index is 0.0220. The molecule has 1 fully saturated rings. The predicted octanol–water partition coefficient (Wildman–Crippen LogP) is 2.75. The first-order chi connectivity index (χ1) is 12.7. The quantitative estimate of drug-likeness (QED) is 0.769. The molecule has 0 bridgehead atoms. The molecule has 0 aliphatic carbocycles.